The minimum atomic E-state index is -2.75. The van der Waals surface area contributed by atoms with Crippen LogP contribution >= 0.6 is 0 Å². The number of imidazole rings is 1. The van der Waals surface area contributed by atoms with E-state index in [4.69, 9.17) is 14.5 Å². The number of halogens is 2. The zero-order valence-electron chi connectivity index (χ0n) is 17.1. The molecule has 5 rings (SSSR count). The van der Waals surface area contributed by atoms with Gasteiger partial charge >= 0.3 is 0 Å². The molecule has 31 heavy (non-hydrogen) atoms. The average molecular weight is 428 g/mol. The predicted octanol–water partition coefficient (Wildman–Crippen LogP) is 4.07. The monoisotopic (exact) mass is 428 g/mol. The van der Waals surface area contributed by atoms with Crippen LogP contribution in [0.3, 0.4) is 0 Å². The van der Waals surface area contributed by atoms with Gasteiger partial charge in [0.25, 0.3) is 12.3 Å². The Morgan fingerprint density at radius 1 is 1.23 bits per heavy atom. The van der Waals surface area contributed by atoms with Crippen molar-refractivity contribution < 1.29 is 23.0 Å². The summed E-state index contributed by atoms with van der Waals surface area (Å²) in [4.78, 5) is 21.2. The minimum Gasteiger partial charge on any atom is -0.489 e. The molecule has 2 fully saturated rings. The Bertz CT molecular complexity index is 1140. The van der Waals surface area contributed by atoms with E-state index in [1.807, 2.05) is 24.4 Å². The molecule has 2 unspecified atom stereocenters. The Morgan fingerprint density at radius 2 is 2.00 bits per heavy atom. The van der Waals surface area contributed by atoms with Crippen molar-refractivity contribution in [2.45, 2.75) is 32.3 Å². The number of nitrogens with one attached hydrogen (secondary N) is 1. The highest BCUT2D eigenvalue weighted by Crippen LogP contribution is 2.57. The van der Waals surface area contributed by atoms with Crippen LogP contribution in [0.15, 0.2) is 36.7 Å². The van der Waals surface area contributed by atoms with E-state index in [0.717, 1.165) is 18.9 Å². The number of hydrogen-bond acceptors (Lipinski definition) is 5. The quantitative estimate of drug-likeness (QED) is 0.641. The number of fused-ring (bicyclic) bond motifs is 2. The molecule has 0 spiro atoms. The van der Waals surface area contributed by atoms with Gasteiger partial charge in [-0.1, -0.05) is 6.07 Å². The number of alkyl halides is 2. The average Bonchev–Trinajstić information content (AvgIpc) is 3.04. The van der Waals surface area contributed by atoms with Crippen LogP contribution in [0, 0.1) is 11.8 Å². The van der Waals surface area contributed by atoms with E-state index >= 15 is 0 Å². The first-order chi connectivity index (χ1) is 14.9. The largest absolute Gasteiger partial charge is 0.489 e. The highest BCUT2D eigenvalue weighted by atomic mass is 19.3. The summed E-state index contributed by atoms with van der Waals surface area (Å²) in [5.41, 5.74) is 1.60. The van der Waals surface area contributed by atoms with Crippen molar-refractivity contribution in [3.8, 4) is 5.75 Å². The molecule has 162 valence electrons. The molecule has 3 aromatic heterocycles. The lowest BCUT2D eigenvalue weighted by Gasteiger charge is -2.15. The second-order valence-corrected chi connectivity index (χ2v) is 8.24. The Hall–Kier alpha value is -3.07. The van der Waals surface area contributed by atoms with E-state index in [0.29, 0.717) is 34.8 Å². The standard InChI is InChI=1S/C22H22F2N4O3/c1-11(2)31-18-6-19-26-17(20-12-9-30-10-13(12)20)8-28(19)7-16(18)27-22(29)15-5-3-4-14(25-15)21(23)24/h3-8,11-13,20-21H,9-10H2,1-2H3,(H,27,29). The van der Waals surface area contributed by atoms with E-state index in [2.05, 4.69) is 10.3 Å². The summed E-state index contributed by atoms with van der Waals surface area (Å²) in [5.74, 6) is 1.33. The molecule has 0 radical (unpaired) electrons. The lowest BCUT2D eigenvalue weighted by Crippen LogP contribution is -2.17. The number of pyridine rings is 2. The van der Waals surface area contributed by atoms with Gasteiger partial charge in [0.2, 0.25) is 0 Å². The van der Waals surface area contributed by atoms with Crippen molar-refractivity contribution in [3.63, 3.8) is 0 Å². The lowest BCUT2D eigenvalue weighted by atomic mass is 10.2. The highest BCUT2D eigenvalue weighted by Gasteiger charge is 2.55. The van der Waals surface area contributed by atoms with Crippen LogP contribution in [0.25, 0.3) is 5.65 Å². The number of hydrogen-bond donors (Lipinski definition) is 1. The molecule has 1 amide bonds. The van der Waals surface area contributed by atoms with Gasteiger partial charge in [-0.05, 0) is 37.8 Å². The van der Waals surface area contributed by atoms with Crippen molar-refractivity contribution >= 4 is 17.2 Å². The third-order valence-corrected chi connectivity index (χ3v) is 5.70. The van der Waals surface area contributed by atoms with Gasteiger partial charge in [0, 0.05) is 24.4 Å². The van der Waals surface area contributed by atoms with Crippen LogP contribution in [0.1, 0.15) is 48.1 Å². The van der Waals surface area contributed by atoms with Gasteiger partial charge in [-0.25, -0.2) is 18.7 Å². The van der Waals surface area contributed by atoms with Gasteiger partial charge in [-0.3, -0.25) is 4.79 Å². The smallest absolute Gasteiger partial charge is 0.280 e. The Morgan fingerprint density at radius 3 is 2.71 bits per heavy atom. The number of carbonyl (C=O) groups is 1. The van der Waals surface area contributed by atoms with E-state index in [-0.39, 0.29) is 11.8 Å². The van der Waals surface area contributed by atoms with Crippen LogP contribution in [-0.4, -0.2) is 39.6 Å². The third kappa shape index (κ3) is 3.74. The SMILES string of the molecule is CC(C)Oc1cc2nc(C3C4COCC43)cn2cc1NC(=O)c1cccc(C(F)F)n1. The topological polar surface area (TPSA) is 77.8 Å². The Kier molecular flexibility index (Phi) is 4.85. The molecule has 1 saturated carbocycles. The summed E-state index contributed by atoms with van der Waals surface area (Å²) in [6.45, 7) is 5.31. The summed E-state index contributed by atoms with van der Waals surface area (Å²) in [6, 6.07) is 5.74. The molecular formula is C22H22F2N4O3. The molecular weight excluding hydrogens is 406 g/mol. The molecule has 0 aromatic carbocycles. The normalized spacial score (nSPS) is 22.2. The Labute approximate surface area is 177 Å². The fraction of sp³-hybridized carbons (Fsp3) is 0.409. The van der Waals surface area contributed by atoms with E-state index < -0.39 is 18.0 Å². The highest BCUT2D eigenvalue weighted by molar-refractivity contribution is 6.03. The predicted molar refractivity (Wildman–Crippen MR) is 109 cm³/mol. The fourth-order valence-electron chi connectivity index (χ4n) is 4.21. The van der Waals surface area contributed by atoms with Crippen LogP contribution in [-0.2, 0) is 4.74 Å². The first-order valence-corrected chi connectivity index (χ1v) is 10.2. The van der Waals surface area contributed by atoms with Crippen LogP contribution in [0.4, 0.5) is 14.5 Å². The number of amides is 1. The zero-order chi connectivity index (χ0) is 21.7. The second kappa shape index (κ2) is 7.56. The van der Waals surface area contributed by atoms with Gasteiger partial charge in [-0.15, -0.1) is 0 Å². The second-order valence-electron chi connectivity index (χ2n) is 8.24. The summed E-state index contributed by atoms with van der Waals surface area (Å²) < 4.78 is 39.1. The molecule has 0 bridgehead atoms. The zero-order valence-corrected chi connectivity index (χ0v) is 17.1. The maximum Gasteiger partial charge on any atom is 0.280 e. The van der Waals surface area contributed by atoms with Crippen molar-refractivity contribution in [2.75, 3.05) is 18.5 Å². The summed E-state index contributed by atoms with van der Waals surface area (Å²) in [7, 11) is 0. The molecule has 3 aromatic rings. The van der Waals surface area contributed by atoms with Crippen molar-refractivity contribution in [3.05, 3.63) is 53.7 Å². The van der Waals surface area contributed by atoms with Crippen molar-refractivity contribution in [1.29, 1.82) is 0 Å². The van der Waals surface area contributed by atoms with E-state index in [1.54, 1.807) is 12.3 Å². The van der Waals surface area contributed by atoms with Crippen molar-refractivity contribution in [1.82, 2.24) is 14.4 Å². The number of rotatable bonds is 6. The number of anilines is 1. The molecule has 1 aliphatic carbocycles. The van der Waals surface area contributed by atoms with Gasteiger partial charge < -0.3 is 19.2 Å². The fourth-order valence-corrected chi connectivity index (χ4v) is 4.21. The van der Waals surface area contributed by atoms with Crippen LogP contribution < -0.4 is 10.1 Å². The van der Waals surface area contributed by atoms with Crippen molar-refractivity contribution in [2.24, 2.45) is 11.8 Å². The number of aromatic nitrogens is 3. The molecule has 1 aliphatic heterocycles. The van der Waals surface area contributed by atoms with Gasteiger partial charge in [0.05, 0.1) is 25.0 Å². The van der Waals surface area contributed by atoms with E-state index in [9.17, 15) is 13.6 Å². The summed E-state index contributed by atoms with van der Waals surface area (Å²) in [5, 5.41) is 2.74. The molecule has 2 atom stereocenters. The minimum absolute atomic E-state index is 0.0921. The molecule has 2 aliphatic rings. The number of nitrogens with zero attached hydrogens (tertiary/aromatic N) is 3. The van der Waals surface area contributed by atoms with Gasteiger partial charge in [0.1, 0.15) is 28.5 Å². The van der Waals surface area contributed by atoms with Gasteiger partial charge in [0.15, 0.2) is 0 Å². The molecule has 1 N–H and O–H groups in total. The molecule has 9 heteroatoms. The molecule has 4 heterocycles. The molecule has 7 nitrogen and oxygen atoms in total. The first-order valence-electron chi connectivity index (χ1n) is 10.2. The summed E-state index contributed by atoms with van der Waals surface area (Å²) in [6.07, 6.45) is 0.809. The first kappa shape index (κ1) is 19.9. The molecule has 1 saturated heterocycles. The lowest BCUT2D eigenvalue weighted by molar-refractivity contribution is 0.101. The Balaban J connectivity index is 1.46. The van der Waals surface area contributed by atoms with E-state index in [1.165, 1.54) is 18.2 Å². The number of carbonyl (C=O) groups excluding carboxylic acids is 1. The number of ether oxygens (including phenoxy) is 2. The third-order valence-electron chi connectivity index (χ3n) is 5.70. The maximum atomic E-state index is 12.9. The van der Waals surface area contributed by atoms with Gasteiger partial charge in [-0.2, -0.15) is 0 Å². The van der Waals surface area contributed by atoms with Crippen LogP contribution in [0.2, 0.25) is 0 Å². The summed E-state index contributed by atoms with van der Waals surface area (Å²) >= 11 is 0. The van der Waals surface area contributed by atoms with Crippen LogP contribution in [0.5, 0.6) is 5.75 Å². The maximum absolute atomic E-state index is 12.9.